The molecule has 1 aromatic heterocycles. The molecule has 3 heterocycles. The molecule has 4 amide bonds. The van der Waals surface area contributed by atoms with Crippen LogP contribution in [0.5, 0.6) is 0 Å². The first-order chi connectivity index (χ1) is 16.3. The normalized spacial score (nSPS) is 27.3. The van der Waals surface area contributed by atoms with Gasteiger partial charge in [-0.3, -0.25) is 14.5 Å². The van der Waals surface area contributed by atoms with E-state index in [0.717, 1.165) is 23.6 Å². The quantitative estimate of drug-likeness (QED) is 0.625. The molecule has 0 aromatic carbocycles. The van der Waals surface area contributed by atoms with Crippen LogP contribution in [0.4, 0.5) is 23.8 Å². The van der Waals surface area contributed by atoms with Gasteiger partial charge >= 0.3 is 12.2 Å². The minimum atomic E-state index is -4.43. The third-order valence-corrected chi connectivity index (χ3v) is 7.19. The van der Waals surface area contributed by atoms with Crippen LogP contribution in [0.2, 0.25) is 0 Å². The van der Waals surface area contributed by atoms with Gasteiger partial charge in [0.05, 0.1) is 5.56 Å². The van der Waals surface area contributed by atoms with Crippen LogP contribution < -0.4 is 15.5 Å². The summed E-state index contributed by atoms with van der Waals surface area (Å²) < 4.78 is 38.2. The number of carbonyl (C=O) groups excluding carboxylic acids is 3. The first-order valence-electron chi connectivity index (χ1n) is 12.0. The fourth-order valence-electron chi connectivity index (χ4n) is 6.06. The Morgan fingerprint density at radius 2 is 1.89 bits per heavy atom. The molecule has 2 unspecified atom stereocenters. The smallest absolute Gasteiger partial charge is 0.356 e. The predicted octanol–water partition coefficient (Wildman–Crippen LogP) is 3.32. The summed E-state index contributed by atoms with van der Waals surface area (Å²) in [6.45, 7) is 6.95. The van der Waals surface area contributed by atoms with E-state index in [2.05, 4.69) is 36.4 Å². The number of anilines is 1. The van der Waals surface area contributed by atoms with E-state index in [1.54, 1.807) is 0 Å². The molecule has 1 aromatic rings. The zero-order valence-corrected chi connectivity index (χ0v) is 20.2. The number of aromatic nitrogens is 1. The molecule has 2 aliphatic heterocycles. The summed E-state index contributed by atoms with van der Waals surface area (Å²) in [5.41, 5.74) is -1.83. The molecule has 4 rings (SSSR count). The number of rotatable bonds is 4. The highest BCUT2D eigenvalue weighted by Gasteiger charge is 2.56. The minimum absolute atomic E-state index is 0.0885. The van der Waals surface area contributed by atoms with E-state index in [0.29, 0.717) is 44.6 Å². The van der Waals surface area contributed by atoms with E-state index >= 15 is 0 Å². The van der Waals surface area contributed by atoms with Crippen molar-refractivity contribution >= 4 is 23.7 Å². The van der Waals surface area contributed by atoms with Gasteiger partial charge in [-0.25, -0.2) is 9.78 Å². The van der Waals surface area contributed by atoms with Crippen molar-refractivity contribution in [3.05, 3.63) is 23.9 Å². The third-order valence-electron chi connectivity index (χ3n) is 7.19. The number of hydrogen-bond acceptors (Lipinski definition) is 5. The number of alkyl halides is 3. The number of hydrogen-bond donors (Lipinski definition) is 2. The van der Waals surface area contributed by atoms with Crippen LogP contribution in [-0.4, -0.2) is 58.9 Å². The SMILES string of the molecule is CC1CC(C)(C)CC2(C1)NC(=O)N(CC(=O)NC1CCN(c3ccc(C(F)(F)F)cn3)CC1)C2=O. The Hall–Kier alpha value is -2.85. The molecule has 3 fully saturated rings. The first kappa shape index (κ1) is 25.2. The lowest BCUT2D eigenvalue weighted by Crippen LogP contribution is -2.54. The predicted molar refractivity (Wildman–Crippen MR) is 122 cm³/mol. The van der Waals surface area contributed by atoms with E-state index in [-0.39, 0.29) is 29.8 Å². The number of carbonyl (C=O) groups is 3. The Bertz CT molecular complexity index is 989. The maximum atomic E-state index is 13.2. The van der Waals surface area contributed by atoms with Gasteiger partial charge in [-0.05, 0) is 55.6 Å². The number of pyridine rings is 1. The molecule has 8 nitrogen and oxygen atoms in total. The highest BCUT2D eigenvalue weighted by atomic mass is 19.4. The Labute approximate surface area is 202 Å². The van der Waals surface area contributed by atoms with Crippen LogP contribution in [0, 0.1) is 11.3 Å². The molecule has 2 N–H and O–H groups in total. The fraction of sp³-hybridized carbons (Fsp3) is 0.667. The van der Waals surface area contributed by atoms with Crippen molar-refractivity contribution in [1.82, 2.24) is 20.5 Å². The topological polar surface area (TPSA) is 94.6 Å². The Morgan fingerprint density at radius 3 is 2.46 bits per heavy atom. The summed E-state index contributed by atoms with van der Waals surface area (Å²) in [6, 6.07) is 1.67. The number of halogens is 3. The standard InChI is InChI=1S/C24H32F3N5O3/c1-15-10-22(2,3)14-23(11-15)20(34)32(21(35)30-23)13-19(33)29-17-6-8-31(9-7-17)18-5-4-16(12-28-18)24(25,26)27/h4-5,12,15,17H,6-11,13-14H2,1-3H3,(H,29,33)(H,30,35). The van der Waals surface area contributed by atoms with Gasteiger partial charge in [0.2, 0.25) is 5.91 Å². The molecular weight excluding hydrogens is 463 g/mol. The maximum absolute atomic E-state index is 13.2. The van der Waals surface area contributed by atoms with Crippen LogP contribution in [0.3, 0.4) is 0 Å². The van der Waals surface area contributed by atoms with Crippen LogP contribution in [0.15, 0.2) is 18.3 Å². The average Bonchev–Trinajstić information content (AvgIpc) is 2.95. The molecular formula is C24H32F3N5O3. The third kappa shape index (κ3) is 5.38. The van der Waals surface area contributed by atoms with Gasteiger partial charge in [-0.15, -0.1) is 0 Å². The lowest BCUT2D eigenvalue weighted by Gasteiger charge is -2.43. The van der Waals surface area contributed by atoms with Gasteiger partial charge in [0.15, 0.2) is 0 Å². The molecule has 192 valence electrons. The highest BCUT2D eigenvalue weighted by Crippen LogP contribution is 2.46. The lowest BCUT2D eigenvalue weighted by atomic mass is 9.64. The monoisotopic (exact) mass is 495 g/mol. The minimum Gasteiger partial charge on any atom is -0.356 e. The summed E-state index contributed by atoms with van der Waals surface area (Å²) in [4.78, 5) is 45.3. The Morgan fingerprint density at radius 1 is 1.20 bits per heavy atom. The van der Waals surface area contributed by atoms with Crippen molar-refractivity contribution < 1.29 is 27.6 Å². The van der Waals surface area contributed by atoms with E-state index < -0.39 is 29.2 Å². The van der Waals surface area contributed by atoms with Crippen LogP contribution in [0.1, 0.15) is 58.4 Å². The fourth-order valence-corrected chi connectivity index (χ4v) is 6.06. The number of amides is 4. The van der Waals surface area contributed by atoms with Crippen LogP contribution in [0.25, 0.3) is 0 Å². The van der Waals surface area contributed by atoms with Gasteiger partial charge < -0.3 is 15.5 Å². The molecule has 2 atom stereocenters. The molecule has 1 aliphatic carbocycles. The van der Waals surface area contributed by atoms with Crippen molar-refractivity contribution in [2.24, 2.45) is 11.3 Å². The average molecular weight is 496 g/mol. The number of nitrogens with one attached hydrogen (secondary N) is 2. The van der Waals surface area contributed by atoms with E-state index in [9.17, 15) is 27.6 Å². The summed E-state index contributed by atoms with van der Waals surface area (Å²) >= 11 is 0. The zero-order valence-electron chi connectivity index (χ0n) is 20.2. The van der Waals surface area contributed by atoms with Crippen molar-refractivity contribution in [3.63, 3.8) is 0 Å². The van der Waals surface area contributed by atoms with Gasteiger partial charge in [0.1, 0.15) is 17.9 Å². The van der Waals surface area contributed by atoms with Crippen molar-refractivity contribution in [2.75, 3.05) is 24.5 Å². The van der Waals surface area contributed by atoms with Gasteiger partial charge in [0, 0.05) is 25.3 Å². The van der Waals surface area contributed by atoms with Crippen molar-refractivity contribution in [3.8, 4) is 0 Å². The summed E-state index contributed by atoms with van der Waals surface area (Å²) in [5.74, 6) is -0.00148. The van der Waals surface area contributed by atoms with E-state index in [4.69, 9.17) is 0 Å². The van der Waals surface area contributed by atoms with Crippen molar-refractivity contribution in [2.45, 2.75) is 70.6 Å². The Kier molecular flexibility index (Phi) is 6.48. The molecule has 11 heteroatoms. The number of piperidine rings is 1. The summed E-state index contributed by atoms with van der Waals surface area (Å²) in [7, 11) is 0. The zero-order chi connectivity index (χ0) is 25.6. The van der Waals surface area contributed by atoms with E-state index in [1.165, 1.54) is 6.07 Å². The van der Waals surface area contributed by atoms with Crippen LogP contribution >= 0.6 is 0 Å². The van der Waals surface area contributed by atoms with E-state index in [1.807, 2.05) is 4.90 Å². The number of urea groups is 1. The highest BCUT2D eigenvalue weighted by molar-refractivity contribution is 6.09. The molecule has 0 bridgehead atoms. The Balaban J connectivity index is 1.30. The molecule has 1 spiro atoms. The summed E-state index contributed by atoms with van der Waals surface area (Å²) in [5, 5.41) is 5.77. The summed E-state index contributed by atoms with van der Waals surface area (Å²) in [6.07, 6.45) is -0.379. The second-order valence-corrected chi connectivity index (χ2v) is 11.0. The second-order valence-electron chi connectivity index (χ2n) is 11.0. The van der Waals surface area contributed by atoms with Crippen molar-refractivity contribution in [1.29, 1.82) is 0 Å². The molecule has 0 radical (unpaired) electrons. The molecule has 35 heavy (non-hydrogen) atoms. The first-order valence-corrected chi connectivity index (χ1v) is 12.0. The molecule has 1 saturated carbocycles. The van der Waals surface area contributed by atoms with Gasteiger partial charge in [0.25, 0.3) is 5.91 Å². The largest absolute Gasteiger partial charge is 0.417 e. The van der Waals surface area contributed by atoms with Gasteiger partial charge in [-0.2, -0.15) is 13.2 Å². The number of nitrogens with zero attached hydrogens (tertiary/aromatic N) is 3. The number of imide groups is 1. The maximum Gasteiger partial charge on any atom is 0.417 e. The molecule has 2 saturated heterocycles. The second kappa shape index (κ2) is 8.98. The lowest BCUT2D eigenvalue weighted by molar-refractivity contribution is -0.138. The van der Waals surface area contributed by atoms with Crippen LogP contribution in [-0.2, 0) is 15.8 Å². The van der Waals surface area contributed by atoms with Gasteiger partial charge in [-0.1, -0.05) is 20.8 Å². The molecule has 3 aliphatic rings.